The molecule has 0 saturated carbocycles. The van der Waals surface area contributed by atoms with Gasteiger partial charge in [0.15, 0.2) is 0 Å². The van der Waals surface area contributed by atoms with Crippen LogP contribution < -0.4 is 9.83 Å². The van der Waals surface area contributed by atoms with E-state index in [1.165, 1.54) is 81.8 Å². The predicted octanol–water partition coefficient (Wildman–Crippen LogP) is 8.95. The fourth-order valence-electron chi connectivity index (χ4n) is 4.88. The second-order valence-corrected chi connectivity index (χ2v) is 13.4. The molecule has 2 aromatic carbocycles. The van der Waals surface area contributed by atoms with Crippen LogP contribution in [-0.4, -0.2) is 9.79 Å². The third-order valence-corrected chi connectivity index (χ3v) is 8.66. The van der Waals surface area contributed by atoms with E-state index in [9.17, 15) is 9.79 Å². The summed E-state index contributed by atoms with van der Waals surface area (Å²) in [5.41, 5.74) is 2.49. The molecule has 0 fully saturated rings. The summed E-state index contributed by atoms with van der Waals surface area (Å²) in [6.07, 6.45) is 17.2. The molecule has 0 aliphatic rings. The zero-order chi connectivity index (χ0) is 26.2. The Morgan fingerprint density at radius 2 is 1.14 bits per heavy atom. The molecular weight excluding hydrogens is 463 g/mol. The second kappa shape index (κ2) is 17.2. The summed E-state index contributed by atoms with van der Waals surface area (Å²) in [6.45, 7) is 9.20. The van der Waals surface area contributed by atoms with Crippen molar-refractivity contribution >= 4 is 13.2 Å². The molecule has 3 nitrogen and oxygen atoms in total. The Morgan fingerprint density at radius 1 is 0.611 bits per heavy atom. The topological polar surface area (TPSA) is 49.7 Å². The first-order chi connectivity index (χ1) is 17.3. The minimum atomic E-state index is -4.01. The van der Waals surface area contributed by atoms with Gasteiger partial charge in [-0.2, -0.15) is 0 Å². The van der Waals surface area contributed by atoms with E-state index >= 15 is 0 Å². The van der Waals surface area contributed by atoms with Crippen molar-refractivity contribution in [3.63, 3.8) is 0 Å². The molecule has 4 heteroatoms. The predicted molar refractivity (Wildman–Crippen MR) is 158 cm³/mol. The molecule has 2 rings (SSSR count). The van der Waals surface area contributed by atoms with Gasteiger partial charge < -0.3 is 0 Å². The molecule has 0 saturated heterocycles. The van der Waals surface area contributed by atoms with Crippen molar-refractivity contribution in [2.24, 2.45) is 11.8 Å². The van der Waals surface area contributed by atoms with Gasteiger partial charge in [-0.3, -0.25) is 0 Å². The average Bonchev–Trinajstić information content (AvgIpc) is 2.84. The summed E-state index contributed by atoms with van der Waals surface area (Å²) in [4.78, 5) is 21.8. The van der Waals surface area contributed by atoms with Gasteiger partial charge >= 0.3 is 209 Å². The molecular formula is C32H53O3P. The number of unbranched alkanes of at least 4 members (excludes halogenated alkanes) is 8. The maximum atomic E-state index is 10.9. The minimum absolute atomic E-state index is 0.480. The molecule has 0 unspecified atom stereocenters. The van der Waals surface area contributed by atoms with Gasteiger partial charge in [0.2, 0.25) is 0 Å². The van der Waals surface area contributed by atoms with Crippen LogP contribution in [0.3, 0.4) is 0 Å². The zero-order valence-electron chi connectivity index (χ0n) is 23.5. The molecule has 0 aliphatic heterocycles. The van der Waals surface area contributed by atoms with Crippen molar-refractivity contribution in [3.8, 4) is 5.75 Å². The Morgan fingerprint density at radius 3 is 1.72 bits per heavy atom. The number of hydrogen-bond acceptors (Lipinski definition) is 3. The van der Waals surface area contributed by atoms with E-state index in [-0.39, 0.29) is 0 Å². The van der Waals surface area contributed by atoms with Gasteiger partial charge in [-0.15, -0.1) is 0 Å². The quantitative estimate of drug-likeness (QED) is 0.145. The Kier molecular flexibility index (Phi) is 14.7. The monoisotopic (exact) mass is 516 g/mol. The average molecular weight is 517 g/mol. The molecule has 0 aliphatic carbocycles. The fraction of sp³-hybridized carbons (Fsp3) is 0.625. The summed E-state index contributed by atoms with van der Waals surface area (Å²) in [5, 5.41) is 0.480. The summed E-state index contributed by atoms with van der Waals surface area (Å²) in [7, 11) is -4.01. The molecule has 0 heterocycles. The van der Waals surface area contributed by atoms with Crippen LogP contribution in [0.4, 0.5) is 0 Å². The van der Waals surface area contributed by atoms with Gasteiger partial charge in [0.1, 0.15) is 0 Å². The Balaban J connectivity index is 2.00. The van der Waals surface area contributed by atoms with Crippen molar-refractivity contribution in [2.45, 2.75) is 118 Å². The van der Waals surface area contributed by atoms with Gasteiger partial charge in [-0.05, 0) is 0 Å². The van der Waals surface area contributed by atoms with E-state index in [2.05, 4.69) is 33.8 Å². The van der Waals surface area contributed by atoms with E-state index in [0.29, 0.717) is 11.1 Å². The van der Waals surface area contributed by atoms with Crippen molar-refractivity contribution < 1.29 is 14.3 Å². The van der Waals surface area contributed by atoms with Gasteiger partial charge in [0.25, 0.3) is 0 Å². The van der Waals surface area contributed by atoms with Crippen LogP contribution in [0.5, 0.6) is 5.75 Å². The van der Waals surface area contributed by atoms with Crippen LogP contribution >= 0.6 is 7.94 Å². The van der Waals surface area contributed by atoms with Crippen molar-refractivity contribution in [2.75, 3.05) is 0 Å². The molecule has 36 heavy (non-hydrogen) atoms. The number of benzene rings is 2. The molecule has 0 atom stereocenters. The molecule has 0 radical (unpaired) electrons. The van der Waals surface area contributed by atoms with E-state index in [1.54, 1.807) is 12.1 Å². The second-order valence-electron chi connectivity index (χ2n) is 11.4. The molecule has 0 bridgehead atoms. The van der Waals surface area contributed by atoms with E-state index in [1.807, 2.05) is 30.3 Å². The van der Waals surface area contributed by atoms with Gasteiger partial charge in [0, 0.05) is 0 Å². The maximum absolute atomic E-state index is 10.9. The first-order valence-corrected chi connectivity index (χ1v) is 16.4. The summed E-state index contributed by atoms with van der Waals surface area (Å²) in [5.74, 6) is 2.25. The third-order valence-electron chi connectivity index (χ3n) is 7.07. The van der Waals surface area contributed by atoms with Crippen molar-refractivity contribution in [1.82, 2.24) is 0 Å². The molecule has 0 aromatic heterocycles. The van der Waals surface area contributed by atoms with Crippen LogP contribution in [0.25, 0.3) is 0 Å². The van der Waals surface area contributed by atoms with Crippen LogP contribution in [0, 0.1) is 11.8 Å². The van der Waals surface area contributed by atoms with Crippen molar-refractivity contribution in [1.29, 1.82) is 0 Å². The SMILES string of the molecule is CC(C)CCCCCCCc1cccc(O[PH](O)(O)c2ccccc2)c1CCCCCCCC(C)C. The Bertz CT molecular complexity index is 833. The van der Waals surface area contributed by atoms with E-state index in [0.717, 1.165) is 31.1 Å². The normalized spacial score (nSPS) is 12.4. The summed E-state index contributed by atoms with van der Waals surface area (Å²) < 4.78 is 6.01. The number of aryl methyl sites for hydroxylation is 1. The Hall–Kier alpha value is -1.41. The first kappa shape index (κ1) is 30.8. The molecule has 2 N–H and O–H groups in total. The van der Waals surface area contributed by atoms with E-state index in [4.69, 9.17) is 4.52 Å². The molecule has 0 amide bonds. The number of hydrogen-bond donors (Lipinski definition) is 2. The first-order valence-electron chi connectivity index (χ1n) is 14.6. The summed E-state index contributed by atoms with van der Waals surface area (Å²) in [6, 6.07) is 15.2. The van der Waals surface area contributed by atoms with Crippen LogP contribution in [0.1, 0.15) is 116 Å². The Labute approximate surface area is 222 Å². The molecule has 2 aromatic rings. The third kappa shape index (κ3) is 12.2. The van der Waals surface area contributed by atoms with Crippen molar-refractivity contribution in [3.05, 3.63) is 59.7 Å². The summed E-state index contributed by atoms with van der Waals surface area (Å²) >= 11 is 0. The molecule has 0 spiro atoms. The van der Waals surface area contributed by atoms with Crippen LogP contribution in [0.2, 0.25) is 0 Å². The number of rotatable bonds is 19. The molecule has 204 valence electrons. The van der Waals surface area contributed by atoms with Gasteiger partial charge in [-0.25, -0.2) is 0 Å². The standard InChI is InChI=1S/C32H53O3P/c1-27(2)19-12-7-5-9-14-21-29-22-18-26-32(35-36(33,34)30-23-15-11-16-24-30)31(29)25-17-10-6-8-13-20-28(3)4/h11,15-16,18,22-24,26-28,33-34,36H,5-10,12-14,17,19-21,25H2,1-4H3. The van der Waals surface area contributed by atoms with Crippen LogP contribution in [-0.2, 0) is 12.8 Å². The van der Waals surface area contributed by atoms with Gasteiger partial charge in [-0.1, -0.05) is 13.8 Å². The van der Waals surface area contributed by atoms with Gasteiger partial charge in [0.05, 0.1) is 0 Å². The van der Waals surface area contributed by atoms with Crippen LogP contribution in [0.15, 0.2) is 48.5 Å². The fourth-order valence-corrected chi connectivity index (χ4v) is 6.12. The zero-order valence-corrected chi connectivity index (χ0v) is 24.5. The van der Waals surface area contributed by atoms with E-state index < -0.39 is 7.94 Å².